The van der Waals surface area contributed by atoms with Crippen molar-refractivity contribution in [1.29, 1.82) is 0 Å². The lowest BCUT2D eigenvalue weighted by molar-refractivity contribution is -0.139. The minimum absolute atomic E-state index is 0.0300. The van der Waals surface area contributed by atoms with Gasteiger partial charge in [-0.1, -0.05) is 24.3 Å². The normalized spacial score (nSPS) is 23.3. The number of H-pyrrole nitrogens is 1. The minimum Gasteiger partial charge on any atom is -0.348 e. The molecule has 154 valence electrons. The van der Waals surface area contributed by atoms with Gasteiger partial charge < -0.3 is 10.2 Å². The summed E-state index contributed by atoms with van der Waals surface area (Å²) in [6.45, 7) is 5.62. The van der Waals surface area contributed by atoms with Crippen LogP contribution in [0.25, 0.3) is 0 Å². The second-order valence-electron chi connectivity index (χ2n) is 8.59. The van der Waals surface area contributed by atoms with Crippen LogP contribution in [0.4, 0.5) is 0 Å². The molecule has 7 nitrogen and oxygen atoms in total. The van der Waals surface area contributed by atoms with E-state index in [1.54, 1.807) is 0 Å². The summed E-state index contributed by atoms with van der Waals surface area (Å²) in [7, 11) is 0. The number of carbonyl (C=O) groups excluding carboxylic acids is 2. The highest BCUT2D eigenvalue weighted by molar-refractivity contribution is 5.92. The largest absolute Gasteiger partial charge is 0.348 e. The molecule has 2 aromatic rings. The first kappa shape index (κ1) is 19.6. The highest BCUT2D eigenvalue weighted by Gasteiger charge is 2.42. The van der Waals surface area contributed by atoms with Crippen molar-refractivity contribution in [2.75, 3.05) is 13.1 Å². The van der Waals surface area contributed by atoms with Crippen LogP contribution >= 0.6 is 0 Å². The van der Waals surface area contributed by atoms with Crippen molar-refractivity contribution in [1.82, 2.24) is 25.6 Å². The van der Waals surface area contributed by atoms with Gasteiger partial charge in [0.2, 0.25) is 5.91 Å². The second-order valence-corrected chi connectivity index (χ2v) is 8.59. The third-order valence-corrected chi connectivity index (χ3v) is 6.75. The molecule has 4 rings (SSSR count). The Labute approximate surface area is 171 Å². The average molecular weight is 396 g/mol. The molecule has 0 saturated carbocycles. The van der Waals surface area contributed by atoms with Gasteiger partial charge in [0.1, 0.15) is 0 Å². The topological polar surface area (TPSA) is 91.0 Å². The van der Waals surface area contributed by atoms with Gasteiger partial charge in [-0.25, -0.2) is 0 Å². The maximum absolute atomic E-state index is 13.5. The highest BCUT2D eigenvalue weighted by atomic mass is 16.2. The third kappa shape index (κ3) is 3.78. The molecule has 0 radical (unpaired) electrons. The number of rotatable bonds is 4. The van der Waals surface area contributed by atoms with E-state index in [1.807, 2.05) is 17.9 Å². The summed E-state index contributed by atoms with van der Waals surface area (Å²) in [5.74, 6) is 0.389. The number of aromatic amines is 1. The molecule has 29 heavy (non-hydrogen) atoms. The molecule has 1 aliphatic carbocycles. The van der Waals surface area contributed by atoms with E-state index in [-0.39, 0.29) is 17.9 Å². The lowest BCUT2D eigenvalue weighted by Gasteiger charge is -2.42. The summed E-state index contributed by atoms with van der Waals surface area (Å²) in [4.78, 5) is 27.7. The predicted octanol–water partition coefficient (Wildman–Crippen LogP) is 2.46. The van der Waals surface area contributed by atoms with Crippen molar-refractivity contribution in [2.24, 2.45) is 5.92 Å². The Kier molecular flexibility index (Phi) is 5.39. The van der Waals surface area contributed by atoms with Crippen molar-refractivity contribution >= 4 is 11.8 Å². The molecule has 1 aromatic heterocycles. The van der Waals surface area contributed by atoms with E-state index < -0.39 is 5.41 Å². The quantitative estimate of drug-likeness (QED) is 0.832. The number of likely N-dealkylation sites (tertiary alicyclic amines) is 1. The van der Waals surface area contributed by atoms with Crippen LogP contribution < -0.4 is 5.32 Å². The van der Waals surface area contributed by atoms with Crippen LogP contribution in [0, 0.1) is 5.92 Å². The Bertz CT molecular complexity index is 873. The summed E-state index contributed by atoms with van der Waals surface area (Å²) >= 11 is 0. The number of nitrogens with one attached hydrogen (secondary N) is 2. The summed E-state index contributed by atoms with van der Waals surface area (Å²) < 4.78 is 0. The Morgan fingerprint density at radius 3 is 2.76 bits per heavy atom. The molecule has 0 bridgehead atoms. The molecule has 2 atom stereocenters. The number of hydrogen-bond donors (Lipinski definition) is 2. The molecular formula is C22H29N5O2. The zero-order valence-corrected chi connectivity index (χ0v) is 17.1. The van der Waals surface area contributed by atoms with Gasteiger partial charge in [0.15, 0.2) is 5.69 Å². The van der Waals surface area contributed by atoms with Crippen LogP contribution in [0.5, 0.6) is 0 Å². The Balaban J connectivity index is 1.37. The number of nitrogens with zero attached hydrogens (tertiary/aromatic N) is 3. The molecule has 2 unspecified atom stereocenters. The number of aromatic nitrogens is 3. The summed E-state index contributed by atoms with van der Waals surface area (Å²) in [5, 5.41) is 13.0. The van der Waals surface area contributed by atoms with Crippen LogP contribution in [0.3, 0.4) is 0 Å². The lowest BCUT2D eigenvalue weighted by Crippen LogP contribution is -2.51. The van der Waals surface area contributed by atoms with Gasteiger partial charge in [-0.05, 0) is 63.0 Å². The van der Waals surface area contributed by atoms with Gasteiger partial charge in [-0.15, -0.1) is 0 Å². The standard InChI is InChI=1S/C22H29N5O2/c1-15(24-20(28)19-14-23-26-25-19)16-9-12-27(13-10-16)21(29)22(2)11-5-7-17-6-3-4-8-18(17)22/h3-4,6,8,14-16H,5,7,9-13H2,1-2H3,(H,24,28)(H,23,25,26). The van der Waals surface area contributed by atoms with Crippen LogP contribution in [0.2, 0.25) is 0 Å². The highest BCUT2D eigenvalue weighted by Crippen LogP contribution is 2.39. The molecule has 7 heteroatoms. The first-order chi connectivity index (χ1) is 14.0. The molecule has 1 aliphatic heterocycles. The molecule has 1 fully saturated rings. The van der Waals surface area contributed by atoms with Crippen molar-refractivity contribution < 1.29 is 9.59 Å². The number of aryl methyl sites for hydroxylation is 1. The number of hydrogen-bond acceptors (Lipinski definition) is 4. The maximum atomic E-state index is 13.5. The number of benzene rings is 1. The average Bonchev–Trinajstić information content (AvgIpc) is 3.29. The van der Waals surface area contributed by atoms with Crippen molar-refractivity contribution in [3.05, 3.63) is 47.3 Å². The fraction of sp³-hybridized carbons (Fsp3) is 0.545. The van der Waals surface area contributed by atoms with E-state index in [4.69, 9.17) is 0 Å². The van der Waals surface area contributed by atoms with Crippen LogP contribution in [0.15, 0.2) is 30.5 Å². The molecule has 2 aliphatic rings. The number of piperidine rings is 1. The van der Waals surface area contributed by atoms with Crippen molar-refractivity contribution in [3.63, 3.8) is 0 Å². The lowest BCUT2D eigenvalue weighted by atomic mass is 9.70. The van der Waals surface area contributed by atoms with Gasteiger partial charge in [0.05, 0.1) is 11.6 Å². The number of fused-ring (bicyclic) bond motifs is 1. The van der Waals surface area contributed by atoms with E-state index in [1.165, 1.54) is 17.3 Å². The van der Waals surface area contributed by atoms with Gasteiger partial charge in [0, 0.05) is 19.1 Å². The molecule has 2 heterocycles. The zero-order valence-electron chi connectivity index (χ0n) is 17.1. The van der Waals surface area contributed by atoms with Crippen molar-refractivity contribution in [2.45, 2.75) is 57.4 Å². The predicted molar refractivity (Wildman–Crippen MR) is 109 cm³/mol. The SMILES string of the molecule is CC(NC(=O)c1cn[nH]n1)C1CCN(C(=O)C2(C)CCCc3ccccc32)CC1. The fourth-order valence-electron chi connectivity index (χ4n) is 4.93. The number of carbonyl (C=O) groups is 2. The van der Waals surface area contributed by atoms with Gasteiger partial charge >= 0.3 is 0 Å². The van der Waals surface area contributed by atoms with E-state index in [0.717, 1.165) is 45.2 Å². The molecular weight excluding hydrogens is 366 g/mol. The summed E-state index contributed by atoms with van der Waals surface area (Å²) in [5.41, 5.74) is 2.39. The van der Waals surface area contributed by atoms with E-state index in [9.17, 15) is 9.59 Å². The van der Waals surface area contributed by atoms with Crippen LogP contribution in [-0.2, 0) is 16.6 Å². The third-order valence-electron chi connectivity index (χ3n) is 6.75. The Morgan fingerprint density at radius 1 is 1.28 bits per heavy atom. The zero-order chi connectivity index (χ0) is 20.4. The number of amides is 2. The van der Waals surface area contributed by atoms with Crippen LogP contribution in [-0.4, -0.2) is 51.3 Å². The first-order valence-electron chi connectivity index (χ1n) is 10.5. The Morgan fingerprint density at radius 2 is 2.03 bits per heavy atom. The Hall–Kier alpha value is -2.70. The smallest absolute Gasteiger partial charge is 0.273 e. The molecule has 1 saturated heterocycles. The summed E-state index contributed by atoms with van der Waals surface area (Å²) in [6, 6.07) is 8.42. The molecule has 2 N–H and O–H groups in total. The van der Waals surface area contributed by atoms with Crippen molar-refractivity contribution in [3.8, 4) is 0 Å². The minimum atomic E-state index is -0.422. The van der Waals surface area contributed by atoms with E-state index in [0.29, 0.717) is 11.6 Å². The van der Waals surface area contributed by atoms with Crippen LogP contribution in [0.1, 0.15) is 61.1 Å². The molecule has 2 amide bonds. The second kappa shape index (κ2) is 7.97. The fourth-order valence-corrected chi connectivity index (χ4v) is 4.93. The van der Waals surface area contributed by atoms with Gasteiger partial charge in [0.25, 0.3) is 5.91 Å². The monoisotopic (exact) mass is 395 g/mol. The molecule has 1 aromatic carbocycles. The molecule has 0 spiro atoms. The van der Waals surface area contributed by atoms with Gasteiger partial charge in [-0.2, -0.15) is 15.4 Å². The van der Waals surface area contributed by atoms with Gasteiger partial charge in [-0.3, -0.25) is 9.59 Å². The summed E-state index contributed by atoms with van der Waals surface area (Å²) in [6.07, 6.45) is 6.23. The van der Waals surface area contributed by atoms with E-state index in [2.05, 4.69) is 45.9 Å². The van der Waals surface area contributed by atoms with E-state index >= 15 is 0 Å². The maximum Gasteiger partial charge on any atom is 0.273 e. The first-order valence-corrected chi connectivity index (χ1v) is 10.5.